The maximum absolute atomic E-state index is 6.28. The van der Waals surface area contributed by atoms with E-state index in [4.69, 9.17) is 24.2 Å². The van der Waals surface area contributed by atoms with Crippen molar-refractivity contribution in [1.29, 1.82) is 0 Å². The number of hydrogen-bond donors (Lipinski definition) is 2. The number of aromatic amines is 1. The molecule has 1 fully saturated rings. The molecule has 6 rings (SSSR count). The maximum atomic E-state index is 6.28. The number of H-pyrrole nitrogens is 1. The number of para-hydroxylation sites is 1. The molecule has 0 atom stereocenters. The molecule has 8 nitrogen and oxygen atoms in total. The van der Waals surface area contributed by atoms with Crippen molar-refractivity contribution < 1.29 is 14.2 Å². The Bertz CT molecular complexity index is 1480. The number of nitrogens with one attached hydrogen (secondary N) is 2. The Labute approximate surface area is 214 Å². The van der Waals surface area contributed by atoms with Gasteiger partial charge in [0, 0.05) is 36.2 Å². The number of methoxy groups -OCH3 is 1. The van der Waals surface area contributed by atoms with Gasteiger partial charge >= 0.3 is 0 Å². The van der Waals surface area contributed by atoms with Crippen LogP contribution in [0.5, 0.6) is 17.4 Å². The number of rotatable bonds is 7. The van der Waals surface area contributed by atoms with Gasteiger partial charge in [0.2, 0.25) is 11.8 Å². The van der Waals surface area contributed by atoms with Crippen LogP contribution in [0.4, 0.5) is 17.3 Å². The van der Waals surface area contributed by atoms with Crippen molar-refractivity contribution in [3.63, 3.8) is 0 Å². The zero-order valence-electron chi connectivity index (χ0n) is 20.5. The predicted octanol–water partition coefficient (Wildman–Crippen LogP) is 6.01. The van der Waals surface area contributed by atoms with Gasteiger partial charge in [-0.1, -0.05) is 30.3 Å². The second kappa shape index (κ2) is 10.2. The van der Waals surface area contributed by atoms with Crippen molar-refractivity contribution in [3.05, 3.63) is 85.1 Å². The molecule has 1 aliphatic rings. The summed E-state index contributed by atoms with van der Waals surface area (Å²) < 4.78 is 17.1. The standard InChI is InChI=1S/C29H27N5O3/c1-35-23-13-7-20(8-14-23)25-19-30-27-26(25)28(37-24-5-3-2-4-6-24)33-29(32-27)31-21-9-11-22(12-10-21)34-15-17-36-18-16-34/h2-14,19H,15-18H2,1H3,(H2,30,31,32,33). The van der Waals surface area contributed by atoms with Gasteiger partial charge in [-0.25, -0.2) is 0 Å². The number of aromatic nitrogens is 3. The predicted molar refractivity (Wildman–Crippen MR) is 145 cm³/mol. The highest BCUT2D eigenvalue weighted by atomic mass is 16.5. The monoisotopic (exact) mass is 493 g/mol. The molecule has 3 heterocycles. The lowest BCUT2D eigenvalue weighted by atomic mass is 10.1. The lowest BCUT2D eigenvalue weighted by molar-refractivity contribution is 0.122. The number of anilines is 3. The number of hydrogen-bond acceptors (Lipinski definition) is 7. The molecule has 8 heteroatoms. The molecular weight excluding hydrogens is 466 g/mol. The third-order valence-electron chi connectivity index (χ3n) is 6.36. The lowest BCUT2D eigenvalue weighted by Crippen LogP contribution is -2.36. The second-order valence-electron chi connectivity index (χ2n) is 8.69. The fourth-order valence-corrected chi connectivity index (χ4v) is 4.43. The highest BCUT2D eigenvalue weighted by Crippen LogP contribution is 2.37. The highest BCUT2D eigenvalue weighted by molar-refractivity contribution is 5.98. The summed E-state index contributed by atoms with van der Waals surface area (Å²) in [5, 5.41) is 4.14. The van der Waals surface area contributed by atoms with Crippen molar-refractivity contribution >= 4 is 28.4 Å². The van der Waals surface area contributed by atoms with Gasteiger partial charge in [-0.05, 0) is 54.1 Å². The zero-order valence-corrected chi connectivity index (χ0v) is 20.5. The molecule has 2 aromatic heterocycles. The smallest absolute Gasteiger partial charge is 0.234 e. The van der Waals surface area contributed by atoms with Crippen LogP contribution in [0.25, 0.3) is 22.2 Å². The number of fused-ring (bicyclic) bond motifs is 1. The fourth-order valence-electron chi connectivity index (χ4n) is 4.43. The summed E-state index contributed by atoms with van der Waals surface area (Å²) in [6.45, 7) is 3.31. The molecule has 0 amide bonds. The first kappa shape index (κ1) is 22.9. The molecule has 5 aromatic rings. The molecule has 0 radical (unpaired) electrons. The second-order valence-corrected chi connectivity index (χ2v) is 8.69. The number of benzene rings is 3. The molecule has 1 saturated heterocycles. The van der Waals surface area contributed by atoms with E-state index >= 15 is 0 Å². The van der Waals surface area contributed by atoms with Crippen LogP contribution in [0.3, 0.4) is 0 Å². The average molecular weight is 494 g/mol. The minimum absolute atomic E-state index is 0.445. The van der Waals surface area contributed by atoms with Crippen LogP contribution in [0.2, 0.25) is 0 Å². The molecule has 0 bridgehead atoms. The Balaban J connectivity index is 1.34. The van der Waals surface area contributed by atoms with Gasteiger partial charge in [0.05, 0.1) is 25.7 Å². The molecule has 0 saturated carbocycles. The van der Waals surface area contributed by atoms with Gasteiger partial charge in [0.1, 0.15) is 17.1 Å². The first-order chi connectivity index (χ1) is 18.3. The fraction of sp³-hybridized carbons (Fsp3) is 0.172. The minimum atomic E-state index is 0.445. The lowest BCUT2D eigenvalue weighted by Gasteiger charge is -2.28. The summed E-state index contributed by atoms with van der Waals surface area (Å²) in [6, 6.07) is 25.8. The van der Waals surface area contributed by atoms with E-state index < -0.39 is 0 Å². The molecule has 186 valence electrons. The van der Waals surface area contributed by atoms with E-state index in [1.165, 1.54) is 5.69 Å². The summed E-state index contributed by atoms with van der Waals surface area (Å²) in [5.74, 6) is 2.41. The van der Waals surface area contributed by atoms with Crippen LogP contribution in [-0.4, -0.2) is 48.4 Å². The van der Waals surface area contributed by atoms with E-state index in [-0.39, 0.29) is 0 Å². The quantitative estimate of drug-likeness (QED) is 0.287. The first-order valence-electron chi connectivity index (χ1n) is 12.2. The molecular formula is C29H27N5O3. The van der Waals surface area contributed by atoms with Crippen LogP contribution in [0.15, 0.2) is 85.1 Å². The summed E-state index contributed by atoms with van der Waals surface area (Å²) in [7, 11) is 1.66. The van der Waals surface area contributed by atoms with Crippen LogP contribution in [0, 0.1) is 0 Å². The van der Waals surface area contributed by atoms with Crippen molar-refractivity contribution in [3.8, 4) is 28.5 Å². The summed E-state index contributed by atoms with van der Waals surface area (Å²) in [4.78, 5) is 15.2. The van der Waals surface area contributed by atoms with Crippen molar-refractivity contribution in [2.45, 2.75) is 0 Å². The summed E-state index contributed by atoms with van der Waals surface area (Å²) in [6.07, 6.45) is 1.93. The van der Waals surface area contributed by atoms with Crippen LogP contribution in [-0.2, 0) is 4.74 Å². The van der Waals surface area contributed by atoms with E-state index in [0.717, 1.165) is 54.3 Å². The number of nitrogens with zero attached hydrogens (tertiary/aromatic N) is 3. The molecule has 0 unspecified atom stereocenters. The largest absolute Gasteiger partial charge is 0.497 e. The first-order valence-corrected chi connectivity index (χ1v) is 12.2. The third-order valence-corrected chi connectivity index (χ3v) is 6.36. The van der Waals surface area contributed by atoms with Gasteiger partial charge in [-0.15, -0.1) is 0 Å². The normalized spacial score (nSPS) is 13.5. The molecule has 37 heavy (non-hydrogen) atoms. The van der Waals surface area contributed by atoms with Gasteiger partial charge in [-0.3, -0.25) is 0 Å². The molecule has 2 N–H and O–H groups in total. The van der Waals surface area contributed by atoms with Crippen molar-refractivity contribution in [1.82, 2.24) is 15.0 Å². The highest BCUT2D eigenvalue weighted by Gasteiger charge is 2.18. The Kier molecular flexibility index (Phi) is 6.31. The molecule has 1 aliphatic heterocycles. The SMILES string of the molecule is COc1ccc(-c2c[nH]c3nc(Nc4ccc(N5CCOCC5)cc4)nc(Oc4ccccc4)c23)cc1. The van der Waals surface area contributed by atoms with E-state index in [1.54, 1.807) is 7.11 Å². The van der Waals surface area contributed by atoms with Crippen molar-refractivity contribution in [2.24, 2.45) is 0 Å². The van der Waals surface area contributed by atoms with Crippen LogP contribution < -0.4 is 19.7 Å². The van der Waals surface area contributed by atoms with Gasteiger partial charge in [0.25, 0.3) is 0 Å². The molecule has 0 spiro atoms. The van der Waals surface area contributed by atoms with E-state index in [9.17, 15) is 0 Å². The Morgan fingerprint density at radius 1 is 0.865 bits per heavy atom. The number of ether oxygens (including phenoxy) is 3. The van der Waals surface area contributed by atoms with Crippen LogP contribution >= 0.6 is 0 Å². The molecule has 0 aliphatic carbocycles. The van der Waals surface area contributed by atoms with Crippen molar-refractivity contribution in [2.75, 3.05) is 43.6 Å². The minimum Gasteiger partial charge on any atom is -0.497 e. The average Bonchev–Trinajstić information content (AvgIpc) is 3.39. The number of morpholine rings is 1. The Morgan fingerprint density at radius 3 is 2.35 bits per heavy atom. The topological polar surface area (TPSA) is 84.5 Å². The maximum Gasteiger partial charge on any atom is 0.234 e. The van der Waals surface area contributed by atoms with E-state index in [2.05, 4.69) is 27.3 Å². The van der Waals surface area contributed by atoms with Gasteiger partial charge in [0.15, 0.2) is 0 Å². The van der Waals surface area contributed by atoms with E-state index in [0.29, 0.717) is 23.2 Å². The third kappa shape index (κ3) is 4.92. The van der Waals surface area contributed by atoms with Gasteiger partial charge in [-0.2, -0.15) is 9.97 Å². The van der Waals surface area contributed by atoms with E-state index in [1.807, 2.05) is 72.9 Å². The Hall–Kier alpha value is -4.56. The molecule has 3 aromatic carbocycles. The van der Waals surface area contributed by atoms with Crippen LogP contribution in [0.1, 0.15) is 0 Å². The summed E-state index contributed by atoms with van der Waals surface area (Å²) in [5.41, 5.74) is 4.70. The summed E-state index contributed by atoms with van der Waals surface area (Å²) >= 11 is 0. The Morgan fingerprint density at radius 2 is 1.62 bits per heavy atom. The van der Waals surface area contributed by atoms with Gasteiger partial charge < -0.3 is 29.4 Å². The zero-order chi connectivity index (χ0) is 25.0.